The van der Waals surface area contributed by atoms with Gasteiger partial charge < -0.3 is 9.47 Å². The van der Waals surface area contributed by atoms with Crippen LogP contribution in [0, 0.1) is 10.8 Å². The molecule has 1 rings (SSSR count). The highest BCUT2D eigenvalue weighted by atomic mass is 31.2. The molecular weight excluding hydrogens is 473 g/mol. The lowest BCUT2D eigenvalue weighted by Crippen LogP contribution is -2.27. The Bertz CT molecular complexity index is 921. The highest BCUT2D eigenvalue weighted by Crippen LogP contribution is 2.66. The molecule has 0 N–H and O–H groups in total. The first-order valence-electron chi connectivity index (χ1n) is 10.3. The maximum Gasteiger partial charge on any atom is 0.410 e. The number of rotatable bonds is 10. The number of carbonyl (C=O) groups is 3. The standard InChI is InChI=1S/C23H31F2O8P/c1-16(12-13-26)17-8-10-18(11-9-17)23(24,25)34(29,32-14-30-19(27)21(2,3)4)33-15-31-20(28)22(5,6)7/h8-13H,14-15H2,1-7H3/b16-12+. The lowest BCUT2D eigenvalue weighted by Gasteiger charge is -2.27. The molecule has 190 valence electrons. The smallest absolute Gasteiger partial charge is 0.410 e. The van der Waals surface area contributed by atoms with Crippen molar-refractivity contribution in [2.24, 2.45) is 10.8 Å². The number of allylic oxidation sites excluding steroid dienone is 2. The molecule has 0 aromatic heterocycles. The first kappa shape index (κ1) is 29.6. The third-order valence-corrected chi connectivity index (χ3v) is 6.24. The van der Waals surface area contributed by atoms with E-state index in [1.165, 1.54) is 59.8 Å². The van der Waals surface area contributed by atoms with E-state index in [1.807, 2.05) is 0 Å². The maximum absolute atomic E-state index is 15.3. The minimum absolute atomic E-state index is 0.488. The molecule has 0 radical (unpaired) electrons. The molecule has 0 aliphatic carbocycles. The monoisotopic (exact) mass is 504 g/mol. The molecular formula is C23H31F2O8P. The zero-order chi connectivity index (χ0) is 26.4. The van der Waals surface area contributed by atoms with Crippen molar-refractivity contribution in [3.05, 3.63) is 41.5 Å². The Kier molecular flexibility index (Phi) is 9.87. The highest BCUT2D eigenvalue weighted by molar-refractivity contribution is 7.54. The van der Waals surface area contributed by atoms with Crippen molar-refractivity contribution in [3.63, 3.8) is 0 Å². The lowest BCUT2D eigenvalue weighted by molar-refractivity contribution is -0.163. The molecule has 0 atom stereocenters. The van der Waals surface area contributed by atoms with Gasteiger partial charge in [-0.1, -0.05) is 24.3 Å². The average molecular weight is 504 g/mol. The van der Waals surface area contributed by atoms with Crippen molar-refractivity contribution in [1.29, 1.82) is 0 Å². The fourth-order valence-corrected chi connectivity index (χ4v) is 3.47. The van der Waals surface area contributed by atoms with E-state index >= 15 is 8.78 Å². The van der Waals surface area contributed by atoms with Gasteiger partial charge in [0.25, 0.3) is 0 Å². The summed E-state index contributed by atoms with van der Waals surface area (Å²) in [6.45, 7) is 8.69. The number of alkyl halides is 2. The molecule has 0 heterocycles. The summed E-state index contributed by atoms with van der Waals surface area (Å²) >= 11 is 0. The first-order chi connectivity index (χ1) is 15.5. The van der Waals surface area contributed by atoms with E-state index in [0.717, 1.165) is 12.1 Å². The zero-order valence-corrected chi connectivity index (χ0v) is 21.2. The Hall–Kier alpha value is -2.42. The Morgan fingerprint density at radius 2 is 1.29 bits per heavy atom. The minimum Gasteiger partial charge on any atom is -0.438 e. The summed E-state index contributed by atoms with van der Waals surface area (Å²) in [6.07, 6.45) is 1.82. The summed E-state index contributed by atoms with van der Waals surface area (Å²) in [4.78, 5) is 34.5. The van der Waals surface area contributed by atoms with E-state index in [1.54, 1.807) is 6.92 Å². The zero-order valence-electron chi connectivity index (χ0n) is 20.3. The van der Waals surface area contributed by atoms with Crippen LogP contribution in [0.1, 0.15) is 59.6 Å². The number of ether oxygens (including phenoxy) is 2. The quantitative estimate of drug-likeness (QED) is 0.132. The molecule has 0 unspecified atom stereocenters. The minimum atomic E-state index is -5.37. The molecule has 0 aliphatic heterocycles. The summed E-state index contributed by atoms with van der Waals surface area (Å²) in [6, 6.07) is 4.61. The number of halogens is 2. The topological polar surface area (TPSA) is 105 Å². The number of aldehydes is 1. The van der Waals surface area contributed by atoms with Crippen molar-refractivity contribution in [1.82, 2.24) is 0 Å². The molecule has 1 aromatic carbocycles. The molecule has 0 bridgehead atoms. The summed E-state index contributed by atoms with van der Waals surface area (Å²) in [7, 11) is -5.37. The van der Waals surface area contributed by atoms with Crippen molar-refractivity contribution in [3.8, 4) is 0 Å². The Labute approximate surface area is 198 Å². The van der Waals surface area contributed by atoms with Crippen LogP contribution < -0.4 is 0 Å². The van der Waals surface area contributed by atoms with Crippen molar-refractivity contribution < 1.29 is 46.3 Å². The Balaban J connectivity index is 3.18. The van der Waals surface area contributed by atoms with Gasteiger partial charge >= 0.3 is 25.2 Å². The SMILES string of the molecule is C/C(=C\C=O)c1ccc(C(F)(F)P(=O)(OCOC(=O)C(C)(C)C)OCOC(=O)C(C)(C)C)cc1. The molecule has 0 fully saturated rings. The maximum atomic E-state index is 15.3. The van der Waals surface area contributed by atoms with Crippen LogP contribution >= 0.6 is 7.60 Å². The Morgan fingerprint density at radius 3 is 1.65 bits per heavy atom. The molecule has 0 amide bonds. The van der Waals surface area contributed by atoms with Gasteiger partial charge in [-0.2, -0.15) is 8.78 Å². The van der Waals surface area contributed by atoms with E-state index in [-0.39, 0.29) is 0 Å². The fourth-order valence-electron chi connectivity index (χ4n) is 2.22. The largest absolute Gasteiger partial charge is 0.438 e. The molecule has 8 nitrogen and oxygen atoms in total. The third-order valence-electron chi connectivity index (χ3n) is 4.40. The van der Waals surface area contributed by atoms with Crippen LogP contribution in [0.25, 0.3) is 5.57 Å². The molecule has 34 heavy (non-hydrogen) atoms. The first-order valence-corrected chi connectivity index (χ1v) is 11.8. The number of esters is 2. The normalized spacial score (nSPS) is 13.4. The van der Waals surface area contributed by atoms with Gasteiger partial charge in [-0.05, 0) is 65.7 Å². The lowest BCUT2D eigenvalue weighted by atomic mass is 9.98. The number of hydrogen-bond acceptors (Lipinski definition) is 8. The third kappa shape index (κ3) is 7.82. The fraction of sp³-hybridized carbons (Fsp3) is 0.522. The van der Waals surface area contributed by atoms with Gasteiger partial charge in [-0.15, -0.1) is 0 Å². The van der Waals surface area contributed by atoms with Gasteiger partial charge in [0, 0.05) is 5.56 Å². The molecule has 0 saturated heterocycles. The van der Waals surface area contributed by atoms with Crippen LogP contribution in [0.3, 0.4) is 0 Å². The van der Waals surface area contributed by atoms with Crippen LogP contribution in [0.15, 0.2) is 30.3 Å². The summed E-state index contributed by atoms with van der Waals surface area (Å²) in [5, 5.41) is 0. The van der Waals surface area contributed by atoms with Gasteiger partial charge in [0.15, 0.2) is 0 Å². The van der Waals surface area contributed by atoms with Crippen LogP contribution in [-0.4, -0.2) is 31.8 Å². The van der Waals surface area contributed by atoms with Gasteiger partial charge in [0.1, 0.15) is 6.29 Å². The molecule has 0 saturated carbocycles. The molecule has 1 aromatic rings. The summed E-state index contributed by atoms with van der Waals surface area (Å²) < 4.78 is 63.0. The van der Waals surface area contributed by atoms with Crippen LogP contribution in [0.2, 0.25) is 0 Å². The van der Waals surface area contributed by atoms with Crippen LogP contribution in [0.5, 0.6) is 0 Å². The van der Waals surface area contributed by atoms with E-state index < -0.39 is 55.2 Å². The second-order valence-corrected chi connectivity index (χ2v) is 11.5. The summed E-state index contributed by atoms with van der Waals surface area (Å²) in [5.41, 5.74) is -5.81. The number of carbonyl (C=O) groups excluding carboxylic acids is 3. The summed E-state index contributed by atoms with van der Waals surface area (Å²) in [5.74, 6) is -1.55. The van der Waals surface area contributed by atoms with Gasteiger partial charge in [-0.25, -0.2) is 0 Å². The van der Waals surface area contributed by atoms with Crippen molar-refractivity contribution in [2.45, 2.75) is 54.1 Å². The van der Waals surface area contributed by atoms with E-state index in [2.05, 4.69) is 0 Å². The van der Waals surface area contributed by atoms with Crippen molar-refractivity contribution >= 4 is 31.4 Å². The van der Waals surface area contributed by atoms with Crippen molar-refractivity contribution in [2.75, 3.05) is 13.6 Å². The number of hydrogen-bond donors (Lipinski definition) is 0. The van der Waals surface area contributed by atoms with Gasteiger partial charge in [0.2, 0.25) is 13.6 Å². The van der Waals surface area contributed by atoms with E-state index in [9.17, 15) is 18.9 Å². The molecule has 11 heteroatoms. The van der Waals surface area contributed by atoms with Crippen LogP contribution in [-0.2, 0) is 43.1 Å². The average Bonchev–Trinajstić information content (AvgIpc) is 2.72. The predicted molar refractivity (Wildman–Crippen MR) is 121 cm³/mol. The van der Waals surface area contributed by atoms with E-state index in [0.29, 0.717) is 17.4 Å². The molecule has 0 aliphatic rings. The highest BCUT2D eigenvalue weighted by Gasteiger charge is 2.56. The van der Waals surface area contributed by atoms with Gasteiger partial charge in [-0.3, -0.25) is 28.0 Å². The number of benzene rings is 1. The Morgan fingerprint density at radius 1 is 0.882 bits per heavy atom. The van der Waals surface area contributed by atoms with E-state index in [4.69, 9.17) is 18.5 Å². The van der Waals surface area contributed by atoms with Crippen LogP contribution in [0.4, 0.5) is 8.78 Å². The predicted octanol–water partition coefficient (Wildman–Crippen LogP) is 5.66. The van der Waals surface area contributed by atoms with Gasteiger partial charge in [0.05, 0.1) is 10.8 Å². The second-order valence-electron chi connectivity index (χ2n) is 9.46. The molecule has 0 spiro atoms. The second kappa shape index (κ2) is 11.3.